The van der Waals surface area contributed by atoms with Crippen LogP contribution in [0.25, 0.3) is 10.2 Å². The van der Waals surface area contributed by atoms with Gasteiger partial charge >= 0.3 is 5.97 Å². The molecule has 158 valence electrons. The number of ether oxygens (including phenoxy) is 3. The Kier molecular flexibility index (Phi) is 5.63. The fraction of sp³-hybridized carbons (Fsp3) is 0.381. The van der Waals surface area contributed by atoms with E-state index in [1.807, 2.05) is 45.2 Å². The molecule has 1 amide bonds. The third kappa shape index (κ3) is 3.97. The number of carbonyl (C=O) groups excluding carboxylic acids is 2. The van der Waals surface area contributed by atoms with E-state index in [2.05, 4.69) is 5.10 Å². The summed E-state index contributed by atoms with van der Waals surface area (Å²) in [5, 5.41) is 5.24. The van der Waals surface area contributed by atoms with E-state index >= 15 is 0 Å². The number of hydrogen-bond donors (Lipinski definition) is 0. The third-order valence-electron chi connectivity index (χ3n) is 4.95. The number of likely N-dealkylation sites (N-methyl/N-ethyl adjacent to an activating group) is 1. The molecule has 0 bridgehead atoms. The summed E-state index contributed by atoms with van der Waals surface area (Å²) in [5.41, 5.74) is 0.854. The first-order valence-corrected chi connectivity index (χ1v) is 10.5. The van der Waals surface area contributed by atoms with Gasteiger partial charge in [0.25, 0.3) is 5.91 Å². The van der Waals surface area contributed by atoms with E-state index in [4.69, 9.17) is 14.2 Å². The number of aromatic nitrogens is 2. The maximum atomic E-state index is 12.6. The number of fused-ring (bicyclic) bond motifs is 2. The zero-order chi connectivity index (χ0) is 21.3. The zero-order valence-electron chi connectivity index (χ0n) is 17.1. The Bertz CT molecular complexity index is 1060. The molecule has 0 aliphatic carbocycles. The van der Waals surface area contributed by atoms with Crippen molar-refractivity contribution in [3.63, 3.8) is 0 Å². The minimum Gasteiger partial charge on any atom is -0.486 e. The highest BCUT2D eigenvalue weighted by molar-refractivity contribution is 7.20. The van der Waals surface area contributed by atoms with Gasteiger partial charge < -0.3 is 19.1 Å². The maximum absolute atomic E-state index is 12.6. The SMILES string of the molecule is CCN(CC1COc2ccccc2O1)C(=O)COC(=O)c1cc2c(C)nn(C)c2s1. The molecule has 3 heterocycles. The fourth-order valence-electron chi connectivity index (χ4n) is 3.40. The molecule has 0 saturated carbocycles. The van der Waals surface area contributed by atoms with Crippen molar-refractivity contribution in [2.24, 2.45) is 7.05 Å². The molecule has 1 aliphatic heterocycles. The molecule has 0 spiro atoms. The number of amides is 1. The molecule has 4 rings (SSSR count). The smallest absolute Gasteiger partial charge is 0.348 e. The van der Waals surface area contributed by atoms with Gasteiger partial charge in [-0.3, -0.25) is 9.48 Å². The van der Waals surface area contributed by atoms with Crippen molar-refractivity contribution in [2.75, 3.05) is 26.3 Å². The van der Waals surface area contributed by atoms with Crippen LogP contribution in [0.1, 0.15) is 22.3 Å². The highest BCUT2D eigenvalue weighted by Crippen LogP contribution is 2.31. The first-order valence-electron chi connectivity index (χ1n) is 9.72. The largest absolute Gasteiger partial charge is 0.486 e. The quantitative estimate of drug-likeness (QED) is 0.561. The first-order chi connectivity index (χ1) is 14.5. The number of benzene rings is 1. The number of hydrogen-bond acceptors (Lipinski definition) is 7. The molecule has 3 aromatic rings. The van der Waals surface area contributed by atoms with Crippen LogP contribution in [0.3, 0.4) is 0 Å². The molecular formula is C21H23N3O5S. The molecule has 0 N–H and O–H groups in total. The van der Waals surface area contributed by atoms with Gasteiger partial charge in [-0.1, -0.05) is 12.1 Å². The number of carbonyl (C=O) groups is 2. The number of esters is 1. The summed E-state index contributed by atoms with van der Waals surface area (Å²) < 4.78 is 18.6. The summed E-state index contributed by atoms with van der Waals surface area (Å²) in [6.07, 6.45) is -0.280. The van der Waals surface area contributed by atoms with Gasteiger partial charge in [0.2, 0.25) is 0 Å². The van der Waals surface area contributed by atoms with Crippen molar-refractivity contribution in [3.05, 3.63) is 40.9 Å². The van der Waals surface area contributed by atoms with Crippen molar-refractivity contribution in [1.82, 2.24) is 14.7 Å². The van der Waals surface area contributed by atoms with Gasteiger partial charge in [-0.15, -0.1) is 11.3 Å². The van der Waals surface area contributed by atoms with E-state index in [1.165, 1.54) is 11.3 Å². The topological polar surface area (TPSA) is 82.9 Å². The predicted molar refractivity (Wildman–Crippen MR) is 112 cm³/mol. The lowest BCUT2D eigenvalue weighted by Crippen LogP contribution is -2.45. The first kappa shape index (κ1) is 20.2. The third-order valence-corrected chi connectivity index (χ3v) is 6.13. The Labute approximate surface area is 177 Å². The van der Waals surface area contributed by atoms with E-state index in [0.717, 1.165) is 15.9 Å². The Morgan fingerprint density at radius 1 is 1.33 bits per heavy atom. The second-order valence-electron chi connectivity index (χ2n) is 7.04. The van der Waals surface area contributed by atoms with E-state index in [0.29, 0.717) is 36.1 Å². The number of aryl methyl sites for hydroxylation is 2. The number of rotatable bonds is 6. The van der Waals surface area contributed by atoms with E-state index < -0.39 is 5.97 Å². The van der Waals surface area contributed by atoms with E-state index in [9.17, 15) is 9.59 Å². The summed E-state index contributed by atoms with van der Waals surface area (Å²) in [5.74, 6) is 0.586. The lowest BCUT2D eigenvalue weighted by molar-refractivity contribution is -0.135. The number of nitrogens with zero attached hydrogens (tertiary/aromatic N) is 3. The lowest BCUT2D eigenvalue weighted by atomic mass is 10.2. The van der Waals surface area contributed by atoms with Gasteiger partial charge in [0.15, 0.2) is 24.2 Å². The van der Waals surface area contributed by atoms with Crippen LogP contribution >= 0.6 is 11.3 Å². The van der Waals surface area contributed by atoms with Crippen molar-refractivity contribution >= 4 is 33.4 Å². The number of thiophene rings is 1. The highest BCUT2D eigenvalue weighted by atomic mass is 32.1. The van der Waals surface area contributed by atoms with Crippen molar-refractivity contribution in [3.8, 4) is 11.5 Å². The van der Waals surface area contributed by atoms with Gasteiger partial charge in [0.05, 0.1) is 12.2 Å². The maximum Gasteiger partial charge on any atom is 0.348 e. The average Bonchev–Trinajstić information content (AvgIpc) is 3.31. The fourth-order valence-corrected chi connectivity index (χ4v) is 4.42. The Hall–Kier alpha value is -3.07. The van der Waals surface area contributed by atoms with Crippen LogP contribution in [0, 0.1) is 6.92 Å². The summed E-state index contributed by atoms with van der Waals surface area (Å²) in [6, 6.07) is 9.20. The highest BCUT2D eigenvalue weighted by Gasteiger charge is 2.25. The summed E-state index contributed by atoms with van der Waals surface area (Å²) in [4.78, 5) is 28.0. The van der Waals surface area contributed by atoms with E-state index in [-0.39, 0.29) is 18.6 Å². The van der Waals surface area contributed by atoms with Crippen molar-refractivity contribution in [1.29, 1.82) is 0 Å². The van der Waals surface area contributed by atoms with E-state index in [1.54, 1.807) is 15.6 Å². The summed E-state index contributed by atoms with van der Waals surface area (Å²) in [6.45, 7) is 4.64. The van der Waals surface area contributed by atoms with Crippen LogP contribution in [0.4, 0.5) is 0 Å². The van der Waals surface area contributed by atoms with Gasteiger partial charge in [-0.2, -0.15) is 5.10 Å². The van der Waals surface area contributed by atoms with Gasteiger partial charge in [0.1, 0.15) is 16.3 Å². The number of para-hydroxylation sites is 2. The second-order valence-corrected chi connectivity index (χ2v) is 8.08. The Balaban J connectivity index is 1.34. The molecule has 0 radical (unpaired) electrons. The molecule has 1 aliphatic rings. The van der Waals surface area contributed by atoms with Crippen LogP contribution in [-0.4, -0.2) is 59.0 Å². The average molecular weight is 429 g/mol. The van der Waals surface area contributed by atoms with Gasteiger partial charge in [-0.05, 0) is 32.0 Å². The molecule has 1 unspecified atom stereocenters. The summed E-state index contributed by atoms with van der Waals surface area (Å²) >= 11 is 1.31. The normalized spacial score (nSPS) is 15.2. The Morgan fingerprint density at radius 2 is 2.10 bits per heavy atom. The zero-order valence-corrected chi connectivity index (χ0v) is 17.9. The van der Waals surface area contributed by atoms with Crippen LogP contribution in [0.5, 0.6) is 11.5 Å². The molecule has 0 fully saturated rings. The Morgan fingerprint density at radius 3 is 2.83 bits per heavy atom. The van der Waals surface area contributed by atoms with Gasteiger partial charge in [-0.25, -0.2) is 4.79 Å². The molecule has 1 aromatic carbocycles. The molecule has 8 nitrogen and oxygen atoms in total. The van der Waals surface area contributed by atoms with Crippen LogP contribution in [-0.2, 0) is 16.6 Å². The molecule has 0 saturated heterocycles. The minimum absolute atomic E-state index is 0.271. The molecule has 30 heavy (non-hydrogen) atoms. The lowest BCUT2D eigenvalue weighted by Gasteiger charge is -2.30. The summed E-state index contributed by atoms with van der Waals surface area (Å²) in [7, 11) is 1.83. The molecule has 1 atom stereocenters. The minimum atomic E-state index is -0.508. The van der Waals surface area contributed by atoms with Crippen molar-refractivity contribution in [2.45, 2.75) is 20.0 Å². The van der Waals surface area contributed by atoms with Crippen LogP contribution in [0.15, 0.2) is 30.3 Å². The molecule has 2 aromatic heterocycles. The second kappa shape index (κ2) is 8.35. The molecule has 9 heteroatoms. The standard InChI is InChI=1S/C21H23N3O5S/c1-4-24(10-14-11-27-16-7-5-6-8-17(16)29-14)19(25)12-28-21(26)18-9-15-13(2)22-23(3)20(15)30-18/h5-9,14H,4,10-12H2,1-3H3. The van der Waals surface area contributed by atoms with Crippen LogP contribution in [0.2, 0.25) is 0 Å². The predicted octanol–water partition coefficient (Wildman–Crippen LogP) is 2.79. The monoisotopic (exact) mass is 429 g/mol. The molecular weight excluding hydrogens is 406 g/mol. The van der Waals surface area contributed by atoms with Crippen molar-refractivity contribution < 1.29 is 23.8 Å². The van der Waals surface area contributed by atoms with Gasteiger partial charge in [0, 0.05) is 19.0 Å². The van der Waals surface area contributed by atoms with Crippen LogP contribution < -0.4 is 9.47 Å².